The minimum atomic E-state index is -0.0324. The second-order valence-corrected chi connectivity index (χ2v) is 3.39. The van der Waals surface area contributed by atoms with Crippen LogP contribution in [0.3, 0.4) is 0 Å². The summed E-state index contributed by atoms with van der Waals surface area (Å²) >= 11 is 0. The Morgan fingerprint density at radius 3 is 2.64 bits per heavy atom. The van der Waals surface area contributed by atoms with Crippen LogP contribution < -0.4 is 0 Å². The fourth-order valence-corrected chi connectivity index (χ4v) is 0.972. The minimum absolute atomic E-state index is 0.0324. The first-order valence-electron chi connectivity index (χ1n) is 4.39. The Labute approximate surface area is 83.9 Å². The quantitative estimate of drug-likeness (QED) is 0.652. The Hall–Kier alpha value is -1.58. The molecule has 0 aliphatic rings. The number of hydrogen-bond donors (Lipinski definition) is 0. The molecule has 0 saturated carbocycles. The van der Waals surface area contributed by atoms with E-state index < -0.39 is 0 Å². The Morgan fingerprint density at radius 1 is 1.57 bits per heavy atom. The monoisotopic (exact) mass is 193 g/mol. The van der Waals surface area contributed by atoms with Gasteiger partial charge in [-0.2, -0.15) is 0 Å². The van der Waals surface area contributed by atoms with E-state index in [0.29, 0.717) is 0 Å². The number of rotatable bonds is 2. The third kappa shape index (κ3) is 2.22. The van der Waals surface area contributed by atoms with Crippen LogP contribution in [0, 0.1) is 6.92 Å². The molecule has 0 atom stereocenters. The van der Waals surface area contributed by atoms with E-state index in [-0.39, 0.29) is 5.91 Å². The number of carbonyl (C=O) groups is 1. The summed E-state index contributed by atoms with van der Waals surface area (Å²) in [7, 11) is 5.36. The fourth-order valence-electron chi connectivity index (χ4n) is 0.972. The van der Waals surface area contributed by atoms with Crippen molar-refractivity contribution in [2.45, 2.75) is 6.92 Å². The number of likely N-dealkylation sites (N-methyl/N-ethyl adjacent to an activating group) is 1. The van der Waals surface area contributed by atoms with Gasteiger partial charge in [0.25, 0.3) is 0 Å². The van der Waals surface area contributed by atoms with Gasteiger partial charge in [0.05, 0.1) is 12.0 Å². The van der Waals surface area contributed by atoms with Crippen LogP contribution in [0.2, 0.25) is 0 Å². The van der Waals surface area contributed by atoms with Crippen LogP contribution in [0.15, 0.2) is 12.4 Å². The first-order valence-corrected chi connectivity index (χ1v) is 4.39. The summed E-state index contributed by atoms with van der Waals surface area (Å²) in [5, 5.41) is 0. The molecule has 0 aliphatic carbocycles. The number of carbonyl (C=O) groups excluding carboxylic acids is 1. The summed E-state index contributed by atoms with van der Waals surface area (Å²) in [5.41, 5.74) is 1.88. The van der Waals surface area contributed by atoms with E-state index in [9.17, 15) is 4.79 Å². The van der Waals surface area contributed by atoms with Crippen molar-refractivity contribution in [3.8, 4) is 0 Å². The maximum Gasteiger partial charge on any atom is 0.246 e. The number of amides is 1. The van der Waals surface area contributed by atoms with Crippen molar-refractivity contribution in [1.82, 2.24) is 14.5 Å². The average Bonchev–Trinajstić information content (AvgIpc) is 2.44. The van der Waals surface area contributed by atoms with Gasteiger partial charge in [-0.1, -0.05) is 0 Å². The summed E-state index contributed by atoms with van der Waals surface area (Å²) in [4.78, 5) is 16.9. The number of nitrogens with zero attached hydrogens (tertiary/aromatic N) is 3. The minimum Gasteiger partial charge on any atom is -0.345 e. The van der Waals surface area contributed by atoms with E-state index in [1.165, 1.54) is 11.0 Å². The SMILES string of the molecule is Cc1c(C=CC(=O)N(C)C)ncn1C. The molecule has 0 unspecified atom stereocenters. The van der Waals surface area contributed by atoms with Crippen LogP contribution in [-0.2, 0) is 11.8 Å². The number of aryl methyl sites for hydroxylation is 1. The van der Waals surface area contributed by atoms with Crippen molar-refractivity contribution in [1.29, 1.82) is 0 Å². The molecule has 4 heteroatoms. The summed E-state index contributed by atoms with van der Waals surface area (Å²) in [6.07, 6.45) is 4.99. The van der Waals surface area contributed by atoms with Crippen LogP contribution in [0.1, 0.15) is 11.4 Å². The molecule has 1 aromatic heterocycles. The van der Waals surface area contributed by atoms with Crippen molar-refractivity contribution < 1.29 is 4.79 Å². The molecule has 76 valence electrons. The van der Waals surface area contributed by atoms with E-state index >= 15 is 0 Å². The normalized spacial score (nSPS) is 10.9. The molecule has 1 amide bonds. The van der Waals surface area contributed by atoms with Crippen LogP contribution in [0.5, 0.6) is 0 Å². The van der Waals surface area contributed by atoms with Gasteiger partial charge in [-0.25, -0.2) is 4.98 Å². The second-order valence-electron chi connectivity index (χ2n) is 3.39. The van der Waals surface area contributed by atoms with Gasteiger partial charge >= 0.3 is 0 Å². The lowest BCUT2D eigenvalue weighted by Gasteiger charge is -2.04. The van der Waals surface area contributed by atoms with Gasteiger partial charge in [0.2, 0.25) is 5.91 Å². The van der Waals surface area contributed by atoms with E-state index in [1.54, 1.807) is 26.5 Å². The predicted octanol–water partition coefficient (Wildman–Crippen LogP) is 0.830. The molecule has 0 radical (unpaired) electrons. The van der Waals surface area contributed by atoms with Gasteiger partial charge in [0, 0.05) is 32.9 Å². The molecule has 0 aromatic carbocycles. The molecular formula is C10H15N3O. The zero-order chi connectivity index (χ0) is 10.7. The maximum atomic E-state index is 11.2. The fraction of sp³-hybridized carbons (Fsp3) is 0.400. The van der Waals surface area contributed by atoms with Gasteiger partial charge in [0.15, 0.2) is 0 Å². The summed E-state index contributed by atoms with van der Waals surface area (Å²) in [6.45, 7) is 1.97. The van der Waals surface area contributed by atoms with Gasteiger partial charge in [-0.05, 0) is 13.0 Å². The molecule has 0 aliphatic heterocycles. The molecule has 0 N–H and O–H groups in total. The molecular weight excluding hydrogens is 178 g/mol. The molecule has 0 bridgehead atoms. The molecule has 4 nitrogen and oxygen atoms in total. The van der Waals surface area contributed by atoms with E-state index in [1.807, 2.05) is 18.5 Å². The van der Waals surface area contributed by atoms with Crippen LogP contribution in [-0.4, -0.2) is 34.5 Å². The predicted molar refractivity (Wildman–Crippen MR) is 55.7 cm³/mol. The van der Waals surface area contributed by atoms with Crippen molar-refractivity contribution in [2.75, 3.05) is 14.1 Å². The highest BCUT2D eigenvalue weighted by molar-refractivity contribution is 5.91. The zero-order valence-corrected chi connectivity index (χ0v) is 8.98. The Kier molecular flexibility index (Phi) is 3.06. The lowest BCUT2D eigenvalue weighted by Crippen LogP contribution is -2.18. The highest BCUT2D eigenvalue weighted by Gasteiger charge is 2.01. The zero-order valence-electron chi connectivity index (χ0n) is 8.98. The molecule has 0 saturated heterocycles. The Bertz CT molecular complexity index is 363. The topological polar surface area (TPSA) is 38.1 Å². The lowest BCUT2D eigenvalue weighted by atomic mass is 10.3. The van der Waals surface area contributed by atoms with Gasteiger partial charge in [0.1, 0.15) is 0 Å². The number of imidazole rings is 1. The third-order valence-corrected chi connectivity index (χ3v) is 2.09. The smallest absolute Gasteiger partial charge is 0.246 e. The Morgan fingerprint density at radius 2 is 2.21 bits per heavy atom. The highest BCUT2D eigenvalue weighted by Crippen LogP contribution is 2.05. The molecule has 1 aromatic rings. The molecule has 0 spiro atoms. The summed E-state index contributed by atoms with van der Waals surface area (Å²) in [5.74, 6) is -0.0324. The first-order chi connectivity index (χ1) is 6.52. The number of hydrogen-bond acceptors (Lipinski definition) is 2. The van der Waals surface area contributed by atoms with Gasteiger partial charge in [-0.15, -0.1) is 0 Å². The third-order valence-electron chi connectivity index (χ3n) is 2.09. The van der Waals surface area contributed by atoms with E-state index in [4.69, 9.17) is 0 Å². The highest BCUT2D eigenvalue weighted by atomic mass is 16.2. The molecule has 14 heavy (non-hydrogen) atoms. The second kappa shape index (κ2) is 4.09. The van der Waals surface area contributed by atoms with Crippen LogP contribution in [0.4, 0.5) is 0 Å². The van der Waals surface area contributed by atoms with E-state index in [0.717, 1.165) is 11.4 Å². The molecule has 1 heterocycles. The lowest BCUT2D eigenvalue weighted by molar-refractivity contribution is -0.123. The van der Waals surface area contributed by atoms with Crippen LogP contribution in [0.25, 0.3) is 6.08 Å². The van der Waals surface area contributed by atoms with Crippen molar-refractivity contribution >= 4 is 12.0 Å². The van der Waals surface area contributed by atoms with Gasteiger partial charge < -0.3 is 9.47 Å². The standard InChI is InChI=1S/C10H15N3O/c1-8-9(11-7-13(8)4)5-6-10(14)12(2)3/h5-7H,1-4H3. The van der Waals surface area contributed by atoms with Crippen molar-refractivity contribution in [2.24, 2.45) is 7.05 Å². The maximum absolute atomic E-state index is 11.2. The van der Waals surface area contributed by atoms with Crippen molar-refractivity contribution in [3.05, 3.63) is 23.8 Å². The summed E-state index contributed by atoms with van der Waals surface area (Å²) in [6, 6.07) is 0. The largest absolute Gasteiger partial charge is 0.345 e. The number of aromatic nitrogens is 2. The van der Waals surface area contributed by atoms with Crippen molar-refractivity contribution in [3.63, 3.8) is 0 Å². The van der Waals surface area contributed by atoms with Gasteiger partial charge in [-0.3, -0.25) is 4.79 Å². The molecule has 0 fully saturated rings. The Balaban J connectivity index is 2.79. The first kappa shape index (κ1) is 10.5. The average molecular weight is 193 g/mol. The summed E-state index contributed by atoms with van der Waals surface area (Å²) < 4.78 is 1.92. The van der Waals surface area contributed by atoms with Crippen LogP contribution >= 0.6 is 0 Å². The molecule has 1 rings (SSSR count). The van der Waals surface area contributed by atoms with E-state index in [2.05, 4.69) is 4.98 Å².